The topological polar surface area (TPSA) is 78.4 Å². The van der Waals surface area contributed by atoms with Crippen LogP contribution in [0.2, 0.25) is 0 Å². The Morgan fingerprint density at radius 1 is 1.08 bits per heavy atom. The summed E-state index contributed by atoms with van der Waals surface area (Å²) in [5.41, 5.74) is 3.19. The lowest BCUT2D eigenvalue weighted by Gasteiger charge is -2.26. The number of hydrogen-bond acceptors (Lipinski definition) is 3. The zero-order valence-corrected chi connectivity index (χ0v) is 13.2. The highest BCUT2D eigenvalue weighted by atomic mass is 16.4. The summed E-state index contributed by atoms with van der Waals surface area (Å²) in [6.07, 6.45) is 0.838. The van der Waals surface area contributed by atoms with Crippen molar-refractivity contribution in [2.75, 3.05) is 0 Å². The van der Waals surface area contributed by atoms with Crippen LogP contribution in [0.3, 0.4) is 0 Å². The minimum atomic E-state index is -1.02. The minimum absolute atomic E-state index is 0.269. The molecule has 5 heteroatoms. The lowest BCUT2D eigenvalue weighted by Crippen LogP contribution is -2.52. The van der Waals surface area contributed by atoms with Crippen LogP contribution in [0.15, 0.2) is 54.6 Å². The van der Waals surface area contributed by atoms with Crippen molar-refractivity contribution in [2.45, 2.75) is 31.5 Å². The molecule has 2 aromatic carbocycles. The van der Waals surface area contributed by atoms with E-state index in [0.29, 0.717) is 13.0 Å². The molecule has 124 valence electrons. The summed E-state index contributed by atoms with van der Waals surface area (Å²) in [5, 5.41) is 15.2. The summed E-state index contributed by atoms with van der Waals surface area (Å²) in [6, 6.07) is 15.9. The summed E-state index contributed by atoms with van der Waals surface area (Å²) in [6.45, 7) is 0.616. The number of carbonyl (C=O) groups excluding carboxylic acids is 1. The van der Waals surface area contributed by atoms with Crippen LogP contribution in [0.1, 0.15) is 16.7 Å². The van der Waals surface area contributed by atoms with Gasteiger partial charge < -0.3 is 15.7 Å². The Kier molecular flexibility index (Phi) is 4.91. The van der Waals surface area contributed by atoms with E-state index in [1.165, 1.54) is 5.56 Å². The molecule has 1 aliphatic rings. The van der Waals surface area contributed by atoms with Crippen LogP contribution in [0, 0.1) is 0 Å². The molecule has 3 N–H and O–H groups in total. The first-order valence-electron chi connectivity index (χ1n) is 8.01. The third-order valence-electron chi connectivity index (χ3n) is 4.30. The van der Waals surface area contributed by atoms with E-state index >= 15 is 0 Å². The number of fused-ring (bicyclic) bond motifs is 1. The second-order valence-electron chi connectivity index (χ2n) is 6.00. The van der Waals surface area contributed by atoms with Crippen molar-refractivity contribution in [2.24, 2.45) is 0 Å². The fourth-order valence-electron chi connectivity index (χ4n) is 2.96. The summed E-state index contributed by atoms with van der Waals surface area (Å²) < 4.78 is 0. The molecule has 0 aliphatic carbocycles. The first-order valence-corrected chi connectivity index (χ1v) is 8.01. The molecule has 0 bridgehead atoms. The second kappa shape index (κ2) is 7.27. The van der Waals surface area contributed by atoms with E-state index in [4.69, 9.17) is 0 Å². The van der Waals surface area contributed by atoms with Gasteiger partial charge in [-0.15, -0.1) is 0 Å². The summed E-state index contributed by atoms with van der Waals surface area (Å²) >= 11 is 0. The molecule has 1 unspecified atom stereocenters. The highest BCUT2D eigenvalue weighted by Crippen LogP contribution is 2.16. The van der Waals surface area contributed by atoms with Gasteiger partial charge in [0, 0.05) is 13.0 Å². The standard InChI is InChI=1S/C19H20N2O3/c22-18(16-11-14-8-4-5-9-15(14)12-20-16)21-17(19(23)24)10-13-6-2-1-3-7-13/h1-9,16-17,20H,10-12H2,(H,21,22)(H,23,24)/t16?,17-/m0/s1. The first-order chi connectivity index (χ1) is 11.6. The predicted molar refractivity (Wildman–Crippen MR) is 90.5 cm³/mol. The largest absolute Gasteiger partial charge is 0.480 e. The molecule has 0 fully saturated rings. The zero-order chi connectivity index (χ0) is 16.9. The Morgan fingerprint density at radius 3 is 2.46 bits per heavy atom. The van der Waals surface area contributed by atoms with Crippen molar-refractivity contribution in [1.82, 2.24) is 10.6 Å². The number of amides is 1. The fraction of sp³-hybridized carbons (Fsp3) is 0.263. The monoisotopic (exact) mass is 324 g/mol. The van der Waals surface area contributed by atoms with Crippen molar-refractivity contribution < 1.29 is 14.7 Å². The molecule has 2 aromatic rings. The van der Waals surface area contributed by atoms with E-state index in [9.17, 15) is 14.7 Å². The van der Waals surface area contributed by atoms with Gasteiger partial charge >= 0.3 is 5.97 Å². The van der Waals surface area contributed by atoms with Crippen LogP contribution >= 0.6 is 0 Å². The lowest BCUT2D eigenvalue weighted by atomic mass is 9.95. The molecule has 0 saturated carbocycles. The number of carboxylic acids is 1. The number of aliphatic carboxylic acids is 1. The average Bonchev–Trinajstić information content (AvgIpc) is 2.61. The first kappa shape index (κ1) is 16.2. The Hall–Kier alpha value is -2.66. The molecule has 1 heterocycles. The van der Waals surface area contributed by atoms with Gasteiger partial charge in [-0.25, -0.2) is 4.79 Å². The van der Waals surface area contributed by atoms with Gasteiger partial charge in [0.1, 0.15) is 6.04 Å². The van der Waals surface area contributed by atoms with Gasteiger partial charge in [-0.1, -0.05) is 54.6 Å². The summed E-state index contributed by atoms with van der Waals surface area (Å²) in [4.78, 5) is 24.0. The van der Waals surface area contributed by atoms with Crippen molar-refractivity contribution in [3.8, 4) is 0 Å². The van der Waals surface area contributed by atoms with Crippen LogP contribution in [0.5, 0.6) is 0 Å². The van der Waals surface area contributed by atoms with Crippen LogP contribution < -0.4 is 10.6 Å². The highest BCUT2D eigenvalue weighted by molar-refractivity contribution is 5.87. The quantitative estimate of drug-likeness (QED) is 0.779. The van der Waals surface area contributed by atoms with Crippen molar-refractivity contribution in [3.63, 3.8) is 0 Å². The second-order valence-corrected chi connectivity index (χ2v) is 6.00. The van der Waals surface area contributed by atoms with Gasteiger partial charge in [-0.2, -0.15) is 0 Å². The Labute approximate surface area is 140 Å². The van der Waals surface area contributed by atoms with E-state index in [1.807, 2.05) is 54.6 Å². The molecule has 0 spiro atoms. The Morgan fingerprint density at radius 2 is 1.75 bits per heavy atom. The third-order valence-corrected chi connectivity index (χ3v) is 4.30. The Balaban J connectivity index is 1.65. The van der Waals surface area contributed by atoms with Crippen LogP contribution in [-0.2, 0) is 29.0 Å². The maximum atomic E-state index is 12.5. The van der Waals surface area contributed by atoms with Crippen molar-refractivity contribution in [3.05, 3.63) is 71.3 Å². The predicted octanol–water partition coefficient (Wildman–Crippen LogP) is 1.51. The molecule has 24 heavy (non-hydrogen) atoms. The van der Waals surface area contributed by atoms with Gasteiger partial charge in [-0.3, -0.25) is 4.79 Å². The molecule has 1 aliphatic heterocycles. The SMILES string of the molecule is O=C(N[C@@H](Cc1ccccc1)C(=O)O)C1Cc2ccccc2CN1. The maximum Gasteiger partial charge on any atom is 0.326 e. The molecule has 0 saturated heterocycles. The molecule has 2 atom stereocenters. The fourth-order valence-corrected chi connectivity index (χ4v) is 2.96. The number of hydrogen-bond donors (Lipinski definition) is 3. The van der Waals surface area contributed by atoms with E-state index in [1.54, 1.807) is 0 Å². The van der Waals surface area contributed by atoms with Crippen LogP contribution in [0.4, 0.5) is 0 Å². The molecule has 3 rings (SSSR count). The van der Waals surface area contributed by atoms with E-state index in [2.05, 4.69) is 10.6 Å². The minimum Gasteiger partial charge on any atom is -0.480 e. The number of benzene rings is 2. The molecule has 0 aromatic heterocycles. The van der Waals surface area contributed by atoms with E-state index < -0.39 is 18.1 Å². The highest BCUT2D eigenvalue weighted by Gasteiger charge is 2.28. The van der Waals surface area contributed by atoms with Gasteiger partial charge in [0.25, 0.3) is 0 Å². The zero-order valence-electron chi connectivity index (χ0n) is 13.2. The van der Waals surface area contributed by atoms with E-state index in [-0.39, 0.29) is 12.3 Å². The number of nitrogens with one attached hydrogen (secondary N) is 2. The van der Waals surface area contributed by atoms with Gasteiger partial charge in [-0.05, 0) is 23.1 Å². The third kappa shape index (κ3) is 3.81. The Bertz CT molecular complexity index is 730. The van der Waals surface area contributed by atoms with Crippen LogP contribution in [0.25, 0.3) is 0 Å². The maximum absolute atomic E-state index is 12.5. The number of carbonyl (C=O) groups is 2. The number of rotatable bonds is 5. The van der Waals surface area contributed by atoms with Crippen LogP contribution in [-0.4, -0.2) is 29.1 Å². The van der Waals surface area contributed by atoms with Crippen molar-refractivity contribution in [1.29, 1.82) is 0 Å². The normalized spacial score (nSPS) is 17.6. The number of carboxylic acid groups (broad SMARTS) is 1. The lowest BCUT2D eigenvalue weighted by molar-refractivity contribution is -0.142. The van der Waals surface area contributed by atoms with Gasteiger partial charge in [0.15, 0.2) is 0 Å². The molecular formula is C19H20N2O3. The smallest absolute Gasteiger partial charge is 0.326 e. The summed E-state index contributed by atoms with van der Waals surface area (Å²) in [5.74, 6) is -1.30. The molecule has 5 nitrogen and oxygen atoms in total. The average molecular weight is 324 g/mol. The van der Waals surface area contributed by atoms with Crippen molar-refractivity contribution >= 4 is 11.9 Å². The molecule has 1 amide bonds. The molecular weight excluding hydrogens is 304 g/mol. The van der Waals surface area contributed by atoms with E-state index in [0.717, 1.165) is 11.1 Å². The summed E-state index contributed by atoms with van der Waals surface area (Å²) in [7, 11) is 0. The van der Waals surface area contributed by atoms with Gasteiger partial charge in [0.2, 0.25) is 5.91 Å². The molecule has 0 radical (unpaired) electrons. The van der Waals surface area contributed by atoms with Gasteiger partial charge in [0.05, 0.1) is 6.04 Å².